The quantitative estimate of drug-likeness (QED) is 0.659. The van der Waals surface area contributed by atoms with Gasteiger partial charge in [0.05, 0.1) is 0 Å². The Balaban J connectivity index is 1.40. The molecule has 2 atom stereocenters. The third-order valence-electron chi connectivity index (χ3n) is 6.45. The Morgan fingerprint density at radius 2 is 1.50 bits per heavy atom. The lowest BCUT2D eigenvalue weighted by Gasteiger charge is -2.55. The number of rotatable bonds is 3. The first-order valence-electron chi connectivity index (χ1n) is 9.66. The zero-order valence-electron chi connectivity index (χ0n) is 14.8. The average molecular weight is 341 g/mol. The molecule has 0 unspecified atom stereocenters. The Bertz CT molecular complexity index is 931. The number of fused-ring (bicyclic) bond motifs is 3. The van der Waals surface area contributed by atoms with E-state index < -0.39 is 0 Å². The third-order valence-corrected chi connectivity index (χ3v) is 6.45. The van der Waals surface area contributed by atoms with Crippen LogP contribution in [0.3, 0.4) is 0 Å². The first-order valence-corrected chi connectivity index (χ1v) is 9.66. The van der Waals surface area contributed by atoms with Gasteiger partial charge >= 0.3 is 0 Å². The molecule has 0 aliphatic heterocycles. The lowest BCUT2D eigenvalue weighted by atomic mass is 9.48. The van der Waals surface area contributed by atoms with Crippen molar-refractivity contribution in [3.8, 4) is 0 Å². The fourth-order valence-electron chi connectivity index (χ4n) is 5.35. The summed E-state index contributed by atoms with van der Waals surface area (Å²) in [5.74, 6) is 1.92. The molecule has 0 spiro atoms. The number of anilines is 1. The van der Waals surface area contributed by atoms with Crippen LogP contribution in [0.2, 0.25) is 0 Å². The third kappa shape index (κ3) is 2.44. The Hall–Kier alpha value is -2.61. The Labute approximate surface area is 154 Å². The zero-order chi connectivity index (χ0) is 17.5. The van der Waals surface area contributed by atoms with Gasteiger partial charge in [-0.3, -0.25) is 4.79 Å². The van der Waals surface area contributed by atoms with E-state index in [1.54, 1.807) is 0 Å². The molecule has 2 bridgehead atoms. The molecule has 130 valence electrons. The van der Waals surface area contributed by atoms with Gasteiger partial charge in [-0.2, -0.15) is 0 Å². The molecule has 5 rings (SSSR count). The first kappa shape index (κ1) is 15.6. The van der Waals surface area contributed by atoms with Gasteiger partial charge in [0.1, 0.15) is 0 Å². The van der Waals surface area contributed by atoms with Gasteiger partial charge in [0.25, 0.3) is 0 Å². The van der Waals surface area contributed by atoms with Gasteiger partial charge in [0, 0.05) is 17.0 Å². The minimum atomic E-state index is 0.160. The van der Waals surface area contributed by atoms with E-state index in [2.05, 4.69) is 53.8 Å². The van der Waals surface area contributed by atoms with E-state index in [-0.39, 0.29) is 11.8 Å². The number of hydrogen-bond acceptors (Lipinski definition) is 1. The molecule has 3 aromatic rings. The standard InChI is InChI=1S/C24H23NO/c26-24(25-21-15-6-11-16-8-4-5-12-18(16)21)23-19-13-7-14-20(23)22(19)17-9-2-1-3-10-17/h1-6,8-12,15,19-20,22-23H,7,13-14H2,(H,25,26)/t19-,20-,22?,23?/m1/s1. The number of hydrogen-bond donors (Lipinski definition) is 1. The second-order valence-corrected chi connectivity index (χ2v) is 7.74. The van der Waals surface area contributed by atoms with E-state index in [4.69, 9.17) is 0 Å². The van der Waals surface area contributed by atoms with Crippen LogP contribution in [0, 0.1) is 17.8 Å². The van der Waals surface area contributed by atoms with Gasteiger partial charge in [-0.15, -0.1) is 0 Å². The first-order chi connectivity index (χ1) is 12.8. The summed E-state index contributed by atoms with van der Waals surface area (Å²) in [7, 11) is 0. The summed E-state index contributed by atoms with van der Waals surface area (Å²) < 4.78 is 0. The van der Waals surface area contributed by atoms with Gasteiger partial charge in [-0.1, -0.05) is 73.2 Å². The van der Waals surface area contributed by atoms with Crippen LogP contribution >= 0.6 is 0 Å². The minimum absolute atomic E-state index is 0.160. The van der Waals surface area contributed by atoms with Crippen LogP contribution in [0.25, 0.3) is 10.8 Å². The topological polar surface area (TPSA) is 29.1 Å². The van der Waals surface area contributed by atoms with Gasteiger partial charge < -0.3 is 5.32 Å². The summed E-state index contributed by atoms with van der Waals surface area (Å²) >= 11 is 0. The van der Waals surface area contributed by atoms with E-state index in [1.165, 1.54) is 30.2 Å². The normalized spacial score (nSPS) is 26.9. The van der Waals surface area contributed by atoms with Crippen molar-refractivity contribution in [1.29, 1.82) is 0 Å². The summed E-state index contributed by atoms with van der Waals surface area (Å²) in [5.41, 5.74) is 2.35. The van der Waals surface area contributed by atoms with Gasteiger partial charge in [0.2, 0.25) is 5.91 Å². The lowest BCUT2D eigenvalue weighted by Crippen LogP contribution is -2.53. The van der Waals surface area contributed by atoms with E-state index in [9.17, 15) is 4.79 Å². The van der Waals surface area contributed by atoms with E-state index in [0.29, 0.717) is 17.8 Å². The fraction of sp³-hybridized carbons (Fsp3) is 0.292. The van der Waals surface area contributed by atoms with Crippen molar-refractivity contribution < 1.29 is 4.79 Å². The van der Waals surface area contributed by atoms with E-state index in [0.717, 1.165) is 11.1 Å². The number of carbonyl (C=O) groups is 1. The Kier molecular flexibility index (Phi) is 3.77. The van der Waals surface area contributed by atoms with Crippen molar-refractivity contribution in [2.75, 3.05) is 5.32 Å². The second kappa shape index (κ2) is 6.28. The molecular formula is C24H23NO. The highest BCUT2D eigenvalue weighted by atomic mass is 16.2. The minimum Gasteiger partial charge on any atom is -0.325 e. The largest absolute Gasteiger partial charge is 0.325 e. The molecule has 0 heterocycles. The van der Waals surface area contributed by atoms with Crippen molar-refractivity contribution in [3.05, 3.63) is 78.4 Å². The molecule has 2 heteroatoms. The highest BCUT2D eigenvalue weighted by Gasteiger charge is 2.55. The van der Waals surface area contributed by atoms with Crippen LogP contribution < -0.4 is 5.32 Å². The maximum absolute atomic E-state index is 13.1. The number of amides is 1. The number of carbonyl (C=O) groups excluding carboxylic acids is 1. The SMILES string of the molecule is O=C(Nc1cccc2ccccc12)C1[C@@H]2CCC[C@@H]1C2c1ccccc1. The predicted molar refractivity (Wildman–Crippen MR) is 106 cm³/mol. The smallest absolute Gasteiger partial charge is 0.228 e. The van der Waals surface area contributed by atoms with Gasteiger partial charge in [0.15, 0.2) is 0 Å². The van der Waals surface area contributed by atoms with E-state index >= 15 is 0 Å². The fourth-order valence-corrected chi connectivity index (χ4v) is 5.35. The van der Waals surface area contributed by atoms with Crippen LogP contribution in [-0.4, -0.2) is 5.91 Å². The monoisotopic (exact) mass is 341 g/mol. The molecule has 2 saturated carbocycles. The second-order valence-electron chi connectivity index (χ2n) is 7.74. The predicted octanol–water partition coefficient (Wildman–Crippen LogP) is 5.61. The molecule has 0 aromatic heterocycles. The summed E-state index contributed by atoms with van der Waals surface area (Å²) in [6.45, 7) is 0. The van der Waals surface area contributed by atoms with Crippen molar-refractivity contribution in [1.82, 2.24) is 0 Å². The van der Waals surface area contributed by atoms with Crippen molar-refractivity contribution in [3.63, 3.8) is 0 Å². The Morgan fingerprint density at radius 3 is 2.31 bits per heavy atom. The molecule has 26 heavy (non-hydrogen) atoms. The average Bonchev–Trinajstić information content (AvgIpc) is 2.69. The van der Waals surface area contributed by atoms with Crippen molar-refractivity contribution >= 4 is 22.4 Å². The number of benzene rings is 3. The lowest BCUT2D eigenvalue weighted by molar-refractivity contribution is -0.135. The van der Waals surface area contributed by atoms with Crippen LogP contribution in [0.15, 0.2) is 72.8 Å². The Morgan fingerprint density at radius 1 is 0.808 bits per heavy atom. The molecule has 1 N–H and O–H groups in total. The van der Waals surface area contributed by atoms with E-state index in [1.807, 2.05) is 24.3 Å². The summed E-state index contributed by atoms with van der Waals surface area (Å²) in [6, 6.07) is 25.1. The highest BCUT2D eigenvalue weighted by Crippen LogP contribution is 2.60. The highest BCUT2D eigenvalue weighted by molar-refractivity contribution is 6.03. The maximum Gasteiger partial charge on any atom is 0.228 e. The van der Waals surface area contributed by atoms with Crippen LogP contribution in [-0.2, 0) is 4.79 Å². The van der Waals surface area contributed by atoms with Crippen LogP contribution in [0.1, 0.15) is 30.7 Å². The number of nitrogens with one attached hydrogen (secondary N) is 1. The molecule has 0 radical (unpaired) electrons. The summed E-state index contributed by atoms with van der Waals surface area (Å²) in [4.78, 5) is 13.1. The molecular weight excluding hydrogens is 318 g/mol. The van der Waals surface area contributed by atoms with Crippen molar-refractivity contribution in [2.45, 2.75) is 25.2 Å². The molecule has 3 aromatic carbocycles. The van der Waals surface area contributed by atoms with Crippen LogP contribution in [0.5, 0.6) is 0 Å². The summed E-state index contributed by atoms with van der Waals surface area (Å²) in [6.07, 6.45) is 3.60. The van der Waals surface area contributed by atoms with Gasteiger partial charge in [-0.25, -0.2) is 0 Å². The molecule has 0 saturated heterocycles. The van der Waals surface area contributed by atoms with Crippen LogP contribution in [0.4, 0.5) is 5.69 Å². The zero-order valence-corrected chi connectivity index (χ0v) is 14.8. The molecule has 2 nitrogen and oxygen atoms in total. The summed E-state index contributed by atoms with van der Waals surface area (Å²) in [5, 5.41) is 5.53. The molecule has 2 aliphatic rings. The molecule has 2 aliphatic carbocycles. The van der Waals surface area contributed by atoms with Gasteiger partial charge in [-0.05, 0) is 47.6 Å². The van der Waals surface area contributed by atoms with Crippen molar-refractivity contribution in [2.24, 2.45) is 17.8 Å². The molecule has 1 amide bonds. The maximum atomic E-state index is 13.1. The molecule has 2 fully saturated rings.